The number of carbonyl (C=O) groups is 1. The fourth-order valence-corrected chi connectivity index (χ4v) is 4.57. The van der Waals surface area contributed by atoms with Crippen LogP contribution < -0.4 is 0 Å². The van der Waals surface area contributed by atoms with Crippen molar-refractivity contribution in [2.45, 2.75) is 4.34 Å². The SMILES string of the molecule is O=C(CSc1nc2ccc(N=Cc3ccc(F)cc3)cc2s1)c1ccc(F)cc1. The Morgan fingerprint density at radius 2 is 1.69 bits per heavy atom. The number of thioether (sulfide) groups is 1. The highest BCUT2D eigenvalue weighted by Crippen LogP contribution is 2.32. The molecule has 0 spiro atoms. The highest BCUT2D eigenvalue weighted by atomic mass is 32.2. The van der Waals surface area contributed by atoms with E-state index in [1.54, 1.807) is 18.3 Å². The Hall–Kier alpha value is -2.90. The molecule has 0 aliphatic carbocycles. The molecule has 4 rings (SSSR count). The normalized spacial score (nSPS) is 11.4. The molecule has 0 aliphatic rings. The molecule has 0 atom stereocenters. The molecule has 0 saturated heterocycles. The van der Waals surface area contributed by atoms with Gasteiger partial charge in [-0.15, -0.1) is 11.3 Å². The smallest absolute Gasteiger partial charge is 0.173 e. The second kappa shape index (κ2) is 8.63. The van der Waals surface area contributed by atoms with Crippen LogP contribution in [-0.4, -0.2) is 22.7 Å². The van der Waals surface area contributed by atoms with Gasteiger partial charge in [0.05, 0.1) is 21.7 Å². The quantitative estimate of drug-likeness (QED) is 0.207. The minimum atomic E-state index is -0.363. The van der Waals surface area contributed by atoms with E-state index in [9.17, 15) is 13.6 Å². The average Bonchev–Trinajstić information content (AvgIpc) is 3.14. The van der Waals surface area contributed by atoms with E-state index in [-0.39, 0.29) is 23.2 Å². The molecular formula is C22H14F2N2OS2. The van der Waals surface area contributed by atoms with Gasteiger partial charge < -0.3 is 0 Å². The number of carbonyl (C=O) groups excluding carboxylic acids is 1. The number of aromatic nitrogens is 1. The third-order valence-electron chi connectivity index (χ3n) is 4.08. The topological polar surface area (TPSA) is 42.3 Å². The third kappa shape index (κ3) is 4.93. The Kier molecular flexibility index (Phi) is 5.78. The number of ketones is 1. The Bertz CT molecular complexity index is 1190. The van der Waals surface area contributed by atoms with Crippen molar-refractivity contribution in [3.05, 3.63) is 89.5 Å². The van der Waals surface area contributed by atoms with E-state index in [1.165, 1.54) is 59.5 Å². The summed E-state index contributed by atoms with van der Waals surface area (Å²) in [5.41, 5.74) is 2.90. The predicted octanol–water partition coefficient (Wildman–Crippen LogP) is 6.30. The number of aliphatic imine (C=N–C) groups is 1. The van der Waals surface area contributed by atoms with Gasteiger partial charge in [0.1, 0.15) is 11.6 Å². The first-order chi connectivity index (χ1) is 14.1. The fraction of sp³-hybridized carbons (Fsp3) is 0.0455. The zero-order valence-electron chi connectivity index (χ0n) is 15.0. The van der Waals surface area contributed by atoms with Crippen LogP contribution in [0.15, 0.2) is 76.1 Å². The number of nitrogens with zero attached hydrogens (tertiary/aromatic N) is 2. The number of hydrogen-bond donors (Lipinski definition) is 0. The predicted molar refractivity (Wildman–Crippen MR) is 115 cm³/mol. The van der Waals surface area contributed by atoms with Gasteiger partial charge in [0, 0.05) is 11.8 Å². The lowest BCUT2D eigenvalue weighted by molar-refractivity contribution is 0.102. The number of Topliss-reactive ketones (excluding diaryl/α,β-unsaturated/α-hetero) is 1. The van der Waals surface area contributed by atoms with Crippen molar-refractivity contribution < 1.29 is 13.6 Å². The molecule has 0 aliphatic heterocycles. The van der Waals surface area contributed by atoms with Crippen molar-refractivity contribution in [2.75, 3.05) is 5.75 Å². The van der Waals surface area contributed by atoms with Gasteiger partial charge in [0.2, 0.25) is 0 Å². The second-order valence-electron chi connectivity index (χ2n) is 6.16. The minimum absolute atomic E-state index is 0.0705. The van der Waals surface area contributed by atoms with Gasteiger partial charge in [-0.25, -0.2) is 13.8 Å². The fourth-order valence-electron chi connectivity index (χ4n) is 2.58. The summed E-state index contributed by atoms with van der Waals surface area (Å²) < 4.78 is 27.7. The summed E-state index contributed by atoms with van der Waals surface area (Å²) in [6.45, 7) is 0. The Morgan fingerprint density at radius 1 is 1.00 bits per heavy atom. The maximum Gasteiger partial charge on any atom is 0.173 e. The molecule has 0 unspecified atom stereocenters. The molecule has 0 amide bonds. The molecule has 0 bridgehead atoms. The molecule has 3 aromatic carbocycles. The van der Waals surface area contributed by atoms with Crippen molar-refractivity contribution in [1.29, 1.82) is 0 Å². The van der Waals surface area contributed by atoms with E-state index in [0.29, 0.717) is 5.56 Å². The van der Waals surface area contributed by atoms with Crippen LogP contribution in [0, 0.1) is 11.6 Å². The van der Waals surface area contributed by atoms with E-state index in [2.05, 4.69) is 9.98 Å². The van der Waals surface area contributed by atoms with Gasteiger partial charge in [0.15, 0.2) is 10.1 Å². The van der Waals surface area contributed by atoms with Crippen LogP contribution in [0.25, 0.3) is 10.2 Å². The molecule has 1 heterocycles. The summed E-state index contributed by atoms with van der Waals surface area (Å²) in [7, 11) is 0. The first-order valence-corrected chi connectivity index (χ1v) is 10.5. The summed E-state index contributed by atoms with van der Waals surface area (Å²) in [4.78, 5) is 21.2. The molecule has 1 aromatic heterocycles. The molecule has 0 radical (unpaired) electrons. The van der Waals surface area contributed by atoms with E-state index in [0.717, 1.165) is 25.8 Å². The van der Waals surface area contributed by atoms with Gasteiger partial charge in [-0.1, -0.05) is 23.9 Å². The van der Waals surface area contributed by atoms with Crippen molar-refractivity contribution in [1.82, 2.24) is 4.98 Å². The third-order valence-corrected chi connectivity index (χ3v) is 6.24. The number of halogens is 2. The van der Waals surface area contributed by atoms with Crippen LogP contribution in [0.2, 0.25) is 0 Å². The van der Waals surface area contributed by atoms with Gasteiger partial charge in [-0.2, -0.15) is 0 Å². The van der Waals surface area contributed by atoms with Gasteiger partial charge in [-0.05, 0) is 60.2 Å². The molecule has 0 saturated carbocycles. The molecule has 7 heteroatoms. The monoisotopic (exact) mass is 424 g/mol. The van der Waals surface area contributed by atoms with E-state index >= 15 is 0 Å². The molecule has 0 N–H and O–H groups in total. The van der Waals surface area contributed by atoms with Crippen LogP contribution in [-0.2, 0) is 0 Å². The van der Waals surface area contributed by atoms with Crippen LogP contribution in [0.5, 0.6) is 0 Å². The maximum atomic E-state index is 13.0. The Labute approximate surface area is 174 Å². The standard InChI is InChI=1S/C22H14F2N2OS2/c23-16-5-1-14(2-6-16)12-25-18-9-10-19-21(11-18)29-22(26-19)28-13-20(27)15-3-7-17(24)8-4-15/h1-12H,13H2. The maximum absolute atomic E-state index is 13.0. The number of thiazole rings is 1. The lowest BCUT2D eigenvalue weighted by atomic mass is 10.1. The zero-order chi connectivity index (χ0) is 20.2. The molecule has 144 valence electrons. The molecule has 3 nitrogen and oxygen atoms in total. The van der Waals surface area contributed by atoms with E-state index in [1.807, 2.05) is 18.2 Å². The van der Waals surface area contributed by atoms with E-state index < -0.39 is 0 Å². The lowest BCUT2D eigenvalue weighted by Gasteiger charge is -1.99. The number of fused-ring (bicyclic) bond motifs is 1. The summed E-state index contributed by atoms with van der Waals surface area (Å²) in [6, 6.07) is 17.3. The number of hydrogen-bond acceptors (Lipinski definition) is 5. The lowest BCUT2D eigenvalue weighted by Crippen LogP contribution is -2.01. The highest BCUT2D eigenvalue weighted by molar-refractivity contribution is 8.01. The van der Waals surface area contributed by atoms with Crippen molar-refractivity contribution in [2.24, 2.45) is 4.99 Å². The molecule has 0 fully saturated rings. The van der Waals surface area contributed by atoms with Crippen molar-refractivity contribution in [3.8, 4) is 0 Å². The largest absolute Gasteiger partial charge is 0.293 e. The van der Waals surface area contributed by atoms with Gasteiger partial charge in [-0.3, -0.25) is 9.79 Å². The molecule has 4 aromatic rings. The average molecular weight is 424 g/mol. The first kappa shape index (κ1) is 19.4. The zero-order valence-corrected chi connectivity index (χ0v) is 16.6. The number of rotatable bonds is 6. The Balaban J connectivity index is 1.44. The first-order valence-electron chi connectivity index (χ1n) is 8.69. The minimum Gasteiger partial charge on any atom is -0.293 e. The number of benzene rings is 3. The summed E-state index contributed by atoms with van der Waals surface area (Å²) in [5.74, 6) is -0.477. The summed E-state index contributed by atoms with van der Waals surface area (Å²) >= 11 is 2.85. The highest BCUT2D eigenvalue weighted by Gasteiger charge is 2.10. The summed E-state index contributed by atoms with van der Waals surface area (Å²) in [6.07, 6.45) is 1.68. The van der Waals surface area contributed by atoms with Crippen molar-refractivity contribution in [3.63, 3.8) is 0 Å². The van der Waals surface area contributed by atoms with Gasteiger partial charge in [0.25, 0.3) is 0 Å². The Morgan fingerprint density at radius 3 is 2.41 bits per heavy atom. The summed E-state index contributed by atoms with van der Waals surface area (Å²) in [5, 5.41) is 0. The van der Waals surface area contributed by atoms with Gasteiger partial charge >= 0.3 is 0 Å². The van der Waals surface area contributed by atoms with Crippen LogP contribution in [0.4, 0.5) is 14.5 Å². The molecular weight excluding hydrogens is 410 g/mol. The second-order valence-corrected chi connectivity index (χ2v) is 8.41. The van der Waals surface area contributed by atoms with Crippen LogP contribution in [0.1, 0.15) is 15.9 Å². The van der Waals surface area contributed by atoms with Crippen LogP contribution in [0.3, 0.4) is 0 Å². The van der Waals surface area contributed by atoms with Crippen molar-refractivity contribution >= 4 is 51.0 Å². The molecule has 29 heavy (non-hydrogen) atoms. The van der Waals surface area contributed by atoms with E-state index in [4.69, 9.17) is 0 Å². The van der Waals surface area contributed by atoms with Crippen LogP contribution >= 0.6 is 23.1 Å².